The highest BCUT2D eigenvalue weighted by Gasteiger charge is 2.36. The van der Waals surface area contributed by atoms with Gasteiger partial charge in [0.15, 0.2) is 0 Å². The predicted octanol–water partition coefficient (Wildman–Crippen LogP) is 4.31. The summed E-state index contributed by atoms with van der Waals surface area (Å²) in [7, 11) is 0. The van der Waals surface area contributed by atoms with Crippen molar-refractivity contribution < 1.29 is 38.1 Å². The fourth-order valence-corrected chi connectivity index (χ4v) is 3.76. The van der Waals surface area contributed by atoms with Gasteiger partial charge in [0, 0.05) is 28.1 Å². The molecule has 0 fully saturated rings. The first-order valence-corrected chi connectivity index (χ1v) is 12.1. The van der Waals surface area contributed by atoms with Crippen LogP contribution in [0.1, 0.15) is 62.3 Å². The third kappa shape index (κ3) is 5.93. The van der Waals surface area contributed by atoms with Crippen molar-refractivity contribution in [2.24, 2.45) is 5.41 Å². The number of carbonyl (C=O) groups excluding carboxylic acids is 4. The van der Waals surface area contributed by atoms with E-state index in [1.807, 2.05) is 0 Å². The van der Waals surface area contributed by atoms with E-state index in [1.165, 1.54) is 4.90 Å². The SMILES string of the molecule is C=C(C)C(=O)OCCOc1ccc2c3c(ccc(OCCOC(=O)C(C)(C)C)c13)C(=O)N(C(C)C)C2=O. The highest BCUT2D eigenvalue weighted by Crippen LogP contribution is 2.41. The van der Waals surface area contributed by atoms with Gasteiger partial charge in [0.2, 0.25) is 0 Å². The first-order chi connectivity index (χ1) is 17.3. The van der Waals surface area contributed by atoms with Gasteiger partial charge in [-0.05, 0) is 65.8 Å². The van der Waals surface area contributed by atoms with Gasteiger partial charge in [-0.25, -0.2) is 4.79 Å². The van der Waals surface area contributed by atoms with E-state index in [1.54, 1.807) is 65.8 Å². The van der Waals surface area contributed by atoms with Crippen LogP contribution in [-0.2, 0) is 19.1 Å². The number of esters is 2. The Hall–Kier alpha value is -3.88. The van der Waals surface area contributed by atoms with E-state index in [4.69, 9.17) is 18.9 Å². The van der Waals surface area contributed by atoms with Gasteiger partial charge < -0.3 is 18.9 Å². The van der Waals surface area contributed by atoms with Crippen LogP contribution in [0.15, 0.2) is 36.4 Å². The Balaban J connectivity index is 1.94. The van der Waals surface area contributed by atoms with Gasteiger partial charge in [-0.2, -0.15) is 0 Å². The molecule has 0 saturated heterocycles. The number of benzene rings is 2. The first-order valence-electron chi connectivity index (χ1n) is 12.1. The molecule has 0 bridgehead atoms. The topological polar surface area (TPSA) is 108 Å². The van der Waals surface area contributed by atoms with Crippen LogP contribution in [-0.4, -0.2) is 61.1 Å². The van der Waals surface area contributed by atoms with Crippen LogP contribution in [0.3, 0.4) is 0 Å². The van der Waals surface area contributed by atoms with Crippen molar-refractivity contribution in [3.05, 3.63) is 47.5 Å². The fourth-order valence-electron chi connectivity index (χ4n) is 3.76. The third-order valence-electron chi connectivity index (χ3n) is 5.61. The minimum atomic E-state index is -0.641. The van der Waals surface area contributed by atoms with Crippen LogP contribution >= 0.6 is 0 Å². The third-order valence-corrected chi connectivity index (χ3v) is 5.61. The van der Waals surface area contributed by atoms with Crippen molar-refractivity contribution in [3.63, 3.8) is 0 Å². The average molecular weight is 512 g/mol. The fraction of sp³-hybridized carbons (Fsp3) is 0.429. The van der Waals surface area contributed by atoms with E-state index >= 15 is 0 Å². The van der Waals surface area contributed by atoms with Gasteiger partial charge in [0.25, 0.3) is 11.8 Å². The second kappa shape index (κ2) is 11.0. The highest BCUT2D eigenvalue weighted by atomic mass is 16.6. The molecule has 9 heteroatoms. The van der Waals surface area contributed by atoms with Crippen LogP contribution < -0.4 is 9.47 Å². The lowest BCUT2D eigenvalue weighted by atomic mass is 9.92. The summed E-state index contributed by atoms with van der Waals surface area (Å²) < 4.78 is 22.2. The average Bonchev–Trinajstić information content (AvgIpc) is 2.82. The second-order valence-corrected chi connectivity index (χ2v) is 10.0. The van der Waals surface area contributed by atoms with E-state index in [0.29, 0.717) is 33.4 Å². The summed E-state index contributed by atoms with van der Waals surface area (Å²) in [6, 6.07) is 6.16. The summed E-state index contributed by atoms with van der Waals surface area (Å²) in [6.45, 7) is 14.0. The minimum Gasteiger partial charge on any atom is -0.489 e. The minimum absolute atomic E-state index is 0.0189. The summed E-state index contributed by atoms with van der Waals surface area (Å²) in [6.07, 6.45) is 0. The molecular weight excluding hydrogens is 478 g/mol. The van der Waals surface area contributed by atoms with Crippen LogP contribution in [0.5, 0.6) is 11.5 Å². The van der Waals surface area contributed by atoms with Crippen LogP contribution in [0.4, 0.5) is 0 Å². The van der Waals surface area contributed by atoms with Crippen molar-refractivity contribution in [1.82, 2.24) is 4.90 Å². The predicted molar refractivity (Wildman–Crippen MR) is 137 cm³/mol. The van der Waals surface area contributed by atoms with Crippen molar-refractivity contribution in [2.75, 3.05) is 26.4 Å². The van der Waals surface area contributed by atoms with Gasteiger partial charge in [-0.3, -0.25) is 19.3 Å². The molecule has 0 N–H and O–H groups in total. The number of amides is 2. The molecule has 0 radical (unpaired) electrons. The zero-order valence-electron chi connectivity index (χ0n) is 22.1. The molecule has 37 heavy (non-hydrogen) atoms. The molecule has 0 aliphatic carbocycles. The highest BCUT2D eigenvalue weighted by molar-refractivity contribution is 6.27. The summed E-state index contributed by atoms with van der Waals surface area (Å²) in [5, 5.41) is 0.862. The summed E-state index contributed by atoms with van der Waals surface area (Å²) in [5.41, 5.74) is 0.335. The molecule has 0 aromatic heterocycles. The molecule has 1 aliphatic rings. The molecule has 1 aliphatic heterocycles. The van der Waals surface area contributed by atoms with Gasteiger partial charge in [-0.1, -0.05) is 6.58 Å². The van der Waals surface area contributed by atoms with E-state index in [9.17, 15) is 19.2 Å². The molecule has 198 valence electrons. The Bertz CT molecular complexity index is 1230. The zero-order valence-corrected chi connectivity index (χ0v) is 22.1. The number of hydrogen-bond acceptors (Lipinski definition) is 8. The molecule has 1 heterocycles. The van der Waals surface area contributed by atoms with Crippen molar-refractivity contribution in [2.45, 2.75) is 47.6 Å². The molecule has 2 aromatic carbocycles. The van der Waals surface area contributed by atoms with E-state index in [-0.39, 0.29) is 44.0 Å². The maximum atomic E-state index is 13.2. The maximum Gasteiger partial charge on any atom is 0.333 e. The molecule has 0 atom stereocenters. The van der Waals surface area contributed by atoms with Gasteiger partial charge >= 0.3 is 11.9 Å². The Morgan fingerprint density at radius 3 is 1.76 bits per heavy atom. The second-order valence-electron chi connectivity index (χ2n) is 10.0. The summed E-state index contributed by atoms with van der Waals surface area (Å²) in [4.78, 5) is 51.3. The standard InChI is InChI=1S/C28H33NO8/c1-16(2)26(32)36-14-12-34-20-10-8-18-22-19(25(31)29(17(3)4)24(18)30)9-11-21(23(20)22)35-13-15-37-27(33)28(5,6)7/h8-11,17H,1,12-15H2,2-7H3. The molecule has 3 rings (SSSR count). The summed E-state index contributed by atoms with van der Waals surface area (Å²) >= 11 is 0. The number of ether oxygens (including phenoxy) is 4. The Morgan fingerprint density at radius 2 is 1.32 bits per heavy atom. The lowest BCUT2D eigenvalue weighted by molar-refractivity contribution is -0.153. The first kappa shape index (κ1) is 27.7. The van der Waals surface area contributed by atoms with Crippen LogP contribution in [0.25, 0.3) is 10.8 Å². The van der Waals surface area contributed by atoms with E-state index < -0.39 is 23.2 Å². The van der Waals surface area contributed by atoms with Crippen LogP contribution in [0.2, 0.25) is 0 Å². The van der Waals surface area contributed by atoms with Crippen molar-refractivity contribution in [3.8, 4) is 11.5 Å². The molecule has 9 nitrogen and oxygen atoms in total. The molecule has 2 aromatic rings. The van der Waals surface area contributed by atoms with Gasteiger partial charge in [0.05, 0.1) is 10.8 Å². The van der Waals surface area contributed by atoms with E-state index in [0.717, 1.165) is 0 Å². The van der Waals surface area contributed by atoms with Gasteiger partial charge in [-0.15, -0.1) is 0 Å². The maximum absolute atomic E-state index is 13.2. The molecule has 0 saturated carbocycles. The Labute approximate surface area is 216 Å². The largest absolute Gasteiger partial charge is 0.489 e. The number of nitrogens with zero attached hydrogens (tertiary/aromatic N) is 1. The normalized spacial score (nSPS) is 13.1. The van der Waals surface area contributed by atoms with Crippen molar-refractivity contribution >= 4 is 34.5 Å². The monoisotopic (exact) mass is 511 g/mol. The molecule has 0 spiro atoms. The lowest BCUT2D eigenvalue weighted by Crippen LogP contribution is -2.44. The van der Waals surface area contributed by atoms with Crippen LogP contribution in [0, 0.1) is 5.41 Å². The molecule has 2 amide bonds. The Morgan fingerprint density at radius 1 is 0.838 bits per heavy atom. The number of imide groups is 1. The zero-order chi connectivity index (χ0) is 27.5. The molecular formula is C28H33NO8. The smallest absolute Gasteiger partial charge is 0.333 e. The van der Waals surface area contributed by atoms with Crippen molar-refractivity contribution in [1.29, 1.82) is 0 Å². The van der Waals surface area contributed by atoms with E-state index in [2.05, 4.69) is 6.58 Å². The molecule has 0 unspecified atom stereocenters. The van der Waals surface area contributed by atoms with Gasteiger partial charge in [0.1, 0.15) is 37.9 Å². The number of rotatable bonds is 10. The number of carbonyl (C=O) groups is 4. The quantitative estimate of drug-likeness (QED) is 0.201. The lowest BCUT2D eigenvalue weighted by Gasteiger charge is -2.31. The number of hydrogen-bond donors (Lipinski definition) is 0. The summed E-state index contributed by atoms with van der Waals surface area (Å²) in [5.74, 6) is -0.982. The Kier molecular flexibility index (Phi) is 8.25.